The van der Waals surface area contributed by atoms with E-state index in [-0.39, 0.29) is 12.6 Å². The molecular weight excluding hydrogens is 320 g/mol. The third kappa shape index (κ3) is 3.27. The molecule has 1 aliphatic rings. The van der Waals surface area contributed by atoms with Gasteiger partial charge in [0.25, 0.3) is 0 Å². The molecule has 1 fully saturated rings. The van der Waals surface area contributed by atoms with Gasteiger partial charge < -0.3 is 20.7 Å². The lowest BCUT2D eigenvalue weighted by molar-refractivity contribution is 0.228. The number of aromatic amines is 1. The van der Waals surface area contributed by atoms with Gasteiger partial charge in [0.1, 0.15) is 11.5 Å². The Labute approximate surface area is 144 Å². The Hall–Kier alpha value is -2.68. The predicted octanol–water partition coefficient (Wildman–Crippen LogP) is 2.06. The highest BCUT2D eigenvalue weighted by Crippen LogP contribution is 2.34. The van der Waals surface area contributed by atoms with E-state index in [1.54, 1.807) is 10.9 Å². The van der Waals surface area contributed by atoms with Crippen molar-refractivity contribution in [2.45, 2.75) is 38.8 Å². The summed E-state index contributed by atoms with van der Waals surface area (Å²) in [6.07, 6.45) is 6.12. The highest BCUT2D eigenvalue weighted by Gasteiger charge is 2.28. The van der Waals surface area contributed by atoms with Gasteiger partial charge in [0.05, 0.1) is 24.2 Å². The molecule has 0 amide bonds. The Kier molecular flexibility index (Phi) is 4.00. The van der Waals surface area contributed by atoms with Crippen LogP contribution in [0.15, 0.2) is 18.5 Å². The maximum Gasteiger partial charge on any atom is 0.232 e. The van der Waals surface area contributed by atoms with Crippen molar-refractivity contribution in [3.05, 3.63) is 18.5 Å². The third-order valence-corrected chi connectivity index (χ3v) is 4.58. The topological polar surface area (TPSA) is 117 Å². The number of rotatable bonds is 7. The number of anilines is 3. The summed E-state index contributed by atoms with van der Waals surface area (Å²) >= 11 is 0. The lowest BCUT2D eigenvalue weighted by Crippen LogP contribution is -2.18. The molecule has 0 spiro atoms. The van der Waals surface area contributed by atoms with Crippen LogP contribution in [-0.4, -0.2) is 47.7 Å². The molecule has 0 radical (unpaired) electrons. The molecule has 1 aliphatic carbocycles. The Bertz CT molecular complexity index is 868. The van der Waals surface area contributed by atoms with Crippen molar-refractivity contribution >= 4 is 28.6 Å². The van der Waals surface area contributed by atoms with Gasteiger partial charge in [-0.05, 0) is 38.7 Å². The van der Waals surface area contributed by atoms with E-state index in [2.05, 4.69) is 42.8 Å². The van der Waals surface area contributed by atoms with E-state index in [4.69, 9.17) is 0 Å². The van der Waals surface area contributed by atoms with Crippen molar-refractivity contribution in [2.75, 3.05) is 17.2 Å². The summed E-state index contributed by atoms with van der Waals surface area (Å²) in [7, 11) is 0. The van der Waals surface area contributed by atoms with E-state index in [9.17, 15) is 5.11 Å². The Balaban J connectivity index is 1.59. The van der Waals surface area contributed by atoms with Gasteiger partial charge in [-0.3, -0.25) is 0 Å². The maximum atomic E-state index is 9.21. The summed E-state index contributed by atoms with van der Waals surface area (Å²) in [5.74, 6) is 2.51. The van der Waals surface area contributed by atoms with Crippen molar-refractivity contribution in [3.8, 4) is 0 Å². The minimum atomic E-state index is -0.133. The van der Waals surface area contributed by atoms with Gasteiger partial charge in [0.2, 0.25) is 5.95 Å². The second-order valence-corrected chi connectivity index (χ2v) is 6.65. The van der Waals surface area contributed by atoms with E-state index in [1.165, 1.54) is 12.8 Å². The number of nitrogens with one attached hydrogen (secondary N) is 3. The number of aliphatic hydroxyl groups excluding tert-OH is 1. The molecule has 0 unspecified atom stereocenters. The van der Waals surface area contributed by atoms with E-state index in [0.717, 1.165) is 22.8 Å². The summed E-state index contributed by atoms with van der Waals surface area (Å²) in [5.41, 5.74) is 0.763. The summed E-state index contributed by atoms with van der Waals surface area (Å²) < 4.78 is 1.60. The van der Waals surface area contributed by atoms with Gasteiger partial charge in [-0.25, -0.2) is 4.68 Å². The molecule has 0 saturated heterocycles. The van der Waals surface area contributed by atoms with Crippen LogP contribution in [0.4, 0.5) is 17.6 Å². The first-order valence-corrected chi connectivity index (χ1v) is 8.55. The fourth-order valence-electron chi connectivity index (χ4n) is 2.78. The van der Waals surface area contributed by atoms with E-state index in [1.807, 2.05) is 19.2 Å². The molecule has 0 bridgehead atoms. The second-order valence-electron chi connectivity index (χ2n) is 6.65. The Morgan fingerprint density at radius 1 is 1.36 bits per heavy atom. The van der Waals surface area contributed by atoms with Crippen molar-refractivity contribution in [2.24, 2.45) is 5.92 Å². The van der Waals surface area contributed by atoms with Crippen LogP contribution in [0, 0.1) is 5.92 Å². The molecule has 4 rings (SSSR count). The third-order valence-electron chi connectivity index (χ3n) is 4.58. The van der Waals surface area contributed by atoms with E-state index < -0.39 is 0 Å². The average Bonchev–Trinajstić information content (AvgIpc) is 3.18. The summed E-state index contributed by atoms with van der Waals surface area (Å²) in [6.45, 7) is 4.05. The molecule has 0 aliphatic heterocycles. The first-order valence-electron chi connectivity index (χ1n) is 8.55. The van der Waals surface area contributed by atoms with Crippen LogP contribution in [0.2, 0.25) is 0 Å². The van der Waals surface area contributed by atoms with Crippen LogP contribution < -0.4 is 10.6 Å². The molecule has 4 N–H and O–H groups in total. The van der Waals surface area contributed by atoms with Crippen molar-refractivity contribution in [1.82, 2.24) is 29.9 Å². The molecule has 3 aromatic heterocycles. The predicted molar refractivity (Wildman–Crippen MR) is 94.8 cm³/mol. The molecule has 132 valence electrons. The Morgan fingerprint density at radius 2 is 2.20 bits per heavy atom. The molecular formula is C16H22N8O. The second kappa shape index (κ2) is 6.32. The fourth-order valence-corrected chi connectivity index (χ4v) is 2.78. The number of H-pyrrole nitrogens is 1. The maximum absolute atomic E-state index is 9.21. The lowest BCUT2D eigenvalue weighted by atomic mass is 10.2. The number of fused-ring (bicyclic) bond motifs is 1. The zero-order chi connectivity index (χ0) is 17.4. The first-order chi connectivity index (χ1) is 12.1. The van der Waals surface area contributed by atoms with Crippen LogP contribution in [-0.2, 0) is 0 Å². The number of aromatic nitrogens is 6. The lowest BCUT2D eigenvalue weighted by Gasteiger charge is -2.15. The zero-order valence-corrected chi connectivity index (χ0v) is 14.3. The van der Waals surface area contributed by atoms with Gasteiger partial charge in [-0.15, -0.1) is 5.10 Å². The molecule has 1 saturated carbocycles. The molecule has 25 heavy (non-hydrogen) atoms. The molecule has 0 aromatic carbocycles. The molecule has 3 heterocycles. The van der Waals surface area contributed by atoms with E-state index in [0.29, 0.717) is 17.8 Å². The molecule has 3 aromatic rings. The van der Waals surface area contributed by atoms with Crippen LogP contribution in [0.1, 0.15) is 32.7 Å². The highest BCUT2D eigenvalue weighted by atomic mass is 16.3. The monoisotopic (exact) mass is 342 g/mol. The van der Waals surface area contributed by atoms with Crippen LogP contribution in [0.3, 0.4) is 0 Å². The standard InChI is InChI=1S/C16H22N8O/c1-9(8-25)24-7-13(22-23-24)19-16-20-14-12(5-6-17-14)15(21-16)18-10(2)11-3-4-11/h5-7,9-11,25H,3-4,8H2,1-2H3,(H3,17,18,19,20,21)/t9-,10+/m1/s1. The number of hydrogen-bond donors (Lipinski definition) is 4. The van der Waals surface area contributed by atoms with Crippen molar-refractivity contribution < 1.29 is 5.11 Å². The van der Waals surface area contributed by atoms with Gasteiger partial charge in [-0.1, -0.05) is 5.21 Å². The van der Waals surface area contributed by atoms with Gasteiger partial charge >= 0.3 is 0 Å². The molecule has 9 nitrogen and oxygen atoms in total. The minimum absolute atomic E-state index is 0.000851. The summed E-state index contributed by atoms with van der Waals surface area (Å²) in [5, 5.41) is 24.8. The highest BCUT2D eigenvalue weighted by molar-refractivity contribution is 5.88. The average molecular weight is 342 g/mol. The van der Waals surface area contributed by atoms with E-state index >= 15 is 0 Å². The molecule has 2 atom stereocenters. The van der Waals surface area contributed by atoms with Crippen LogP contribution >= 0.6 is 0 Å². The minimum Gasteiger partial charge on any atom is -0.394 e. The smallest absolute Gasteiger partial charge is 0.232 e. The van der Waals surface area contributed by atoms with Gasteiger partial charge in [0.15, 0.2) is 5.82 Å². The largest absolute Gasteiger partial charge is 0.394 e. The fraction of sp³-hybridized carbons (Fsp3) is 0.500. The number of nitrogens with zero attached hydrogens (tertiary/aromatic N) is 5. The first kappa shape index (κ1) is 15.8. The Morgan fingerprint density at radius 3 is 2.96 bits per heavy atom. The quantitative estimate of drug-likeness (QED) is 0.519. The summed E-state index contributed by atoms with van der Waals surface area (Å²) in [6, 6.07) is 2.22. The van der Waals surface area contributed by atoms with Crippen molar-refractivity contribution in [3.63, 3.8) is 0 Å². The van der Waals surface area contributed by atoms with Gasteiger partial charge in [-0.2, -0.15) is 9.97 Å². The molecule has 9 heteroatoms. The van der Waals surface area contributed by atoms with Crippen LogP contribution in [0.25, 0.3) is 11.0 Å². The normalized spacial score (nSPS) is 16.8. The number of aliphatic hydroxyl groups is 1. The van der Waals surface area contributed by atoms with Gasteiger partial charge in [0, 0.05) is 12.2 Å². The van der Waals surface area contributed by atoms with Crippen molar-refractivity contribution in [1.29, 1.82) is 0 Å². The SMILES string of the molecule is C[C@H](Nc1nc(Nc2cn([C@H](C)CO)nn2)nc2[nH]ccc12)C1CC1. The number of hydrogen-bond acceptors (Lipinski definition) is 7. The zero-order valence-electron chi connectivity index (χ0n) is 14.3. The summed E-state index contributed by atoms with van der Waals surface area (Å²) in [4.78, 5) is 12.2. The van der Waals surface area contributed by atoms with Crippen LogP contribution in [0.5, 0.6) is 0 Å².